The van der Waals surface area contributed by atoms with Crippen LogP contribution in [0.5, 0.6) is 5.75 Å². The number of benzene rings is 2. The van der Waals surface area contributed by atoms with Crippen LogP contribution in [-0.4, -0.2) is 11.8 Å². The lowest BCUT2D eigenvalue weighted by Gasteiger charge is -2.20. The van der Waals surface area contributed by atoms with E-state index in [0.29, 0.717) is 17.7 Å². The van der Waals surface area contributed by atoms with E-state index in [9.17, 15) is 9.59 Å². The number of hydrogen-bond donors (Lipinski definition) is 0. The number of carbonyl (C=O) groups excluding carboxylic acids is 2. The average Bonchev–Trinajstić information content (AvgIpc) is 2.61. The van der Waals surface area contributed by atoms with E-state index in [4.69, 9.17) is 4.74 Å². The zero-order chi connectivity index (χ0) is 17.6. The van der Waals surface area contributed by atoms with Gasteiger partial charge in [-0.05, 0) is 44.0 Å². The van der Waals surface area contributed by atoms with Gasteiger partial charge in [0.15, 0.2) is 5.78 Å². The SMILES string of the molecule is CCC(C)(C)C(=O)Oc1ccc(/C=C/C(=O)c2ccccc2)cc1. The second kappa shape index (κ2) is 7.73. The molecule has 0 heterocycles. The van der Waals surface area contributed by atoms with Crippen molar-refractivity contribution in [2.24, 2.45) is 5.41 Å². The average molecular weight is 322 g/mol. The third-order valence-corrected chi connectivity index (χ3v) is 4.01. The summed E-state index contributed by atoms with van der Waals surface area (Å²) in [4.78, 5) is 24.1. The molecule has 0 aromatic heterocycles. The van der Waals surface area contributed by atoms with Crippen LogP contribution >= 0.6 is 0 Å². The van der Waals surface area contributed by atoms with Crippen LogP contribution in [0.25, 0.3) is 6.08 Å². The van der Waals surface area contributed by atoms with Gasteiger partial charge in [-0.25, -0.2) is 0 Å². The standard InChI is InChI=1S/C21H22O3/c1-4-21(2,3)20(23)24-18-13-10-16(11-14-18)12-15-19(22)17-8-6-5-7-9-17/h5-15H,4H2,1-3H3/b15-12+. The first kappa shape index (κ1) is 17.7. The lowest BCUT2D eigenvalue weighted by molar-refractivity contribution is -0.144. The number of esters is 1. The Balaban J connectivity index is 2.01. The van der Waals surface area contributed by atoms with Crippen LogP contribution in [0.4, 0.5) is 0 Å². The fourth-order valence-corrected chi connectivity index (χ4v) is 1.91. The maximum atomic E-state index is 12.0. The van der Waals surface area contributed by atoms with E-state index in [0.717, 1.165) is 5.56 Å². The lowest BCUT2D eigenvalue weighted by atomic mass is 9.91. The Morgan fingerprint density at radius 3 is 2.21 bits per heavy atom. The highest BCUT2D eigenvalue weighted by molar-refractivity contribution is 6.06. The van der Waals surface area contributed by atoms with E-state index in [1.54, 1.807) is 30.3 Å². The topological polar surface area (TPSA) is 43.4 Å². The van der Waals surface area contributed by atoms with Crippen molar-refractivity contribution in [2.75, 3.05) is 0 Å². The van der Waals surface area contributed by atoms with Crippen molar-refractivity contribution in [3.05, 3.63) is 71.8 Å². The summed E-state index contributed by atoms with van der Waals surface area (Å²) in [6.45, 7) is 5.68. The summed E-state index contributed by atoms with van der Waals surface area (Å²) in [7, 11) is 0. The molecule has 0 aliphatic rings. The summed E-state index contributed by atoms with van der Waals surface area (Å²) in [5, 5.41) is 0. The monoisotopic (exact) mass is 322 g/mol. The minimum Gasteiger partial charge on any atom is -0.426 e. The molecule has 0 N–H and O–H groups in total. The third kappa shape index (κ3) is 4.66. The van der Waals surface area contributed by atoms with Gasteiger partial charge in [-0.3, -0.25) is 9.59 Å². The van der Waals surface area contributed by atoms with Crippen LogP contribution in [0.1, 0.15) is 43.1 Å². The predicted molar refractivity (Wildman–Crippen MR) is 96.0 cm³/mol. The van der Waals surface area contributed by atoms with Crippen molar-refractivity contribution in [3.8, 4) is 5.75 Å². The minimum absolute atomic E-state index is 0.0456. The van der Waals surface area contributed by atoms with Crippen LogP contribution in [-0.2, 0) is 4.79 Å². The largest absolute Gasteiger partial charge is 0.426 e. The molecule has 0 fully saturated rings. The molecule has 2 aromatic carbocycles. The van der Waals surface area contributed by atoms with Crippen molar-refractivity contribution in [3.63, 3.8) is 0 Å². The summed E-state index contributed by atoms with van der Waals surface area (Å²) in [5.41, 5.74) is 1.02. The number of rotatable bonds is 6. The van der Waals surface area contributed by atoms with E-state index in [2.05, 4.69) is 0 Å². The Labute approximate surface area is 143 Å². The molecule has 0 bridgehead atoms. The molecule has 0 unspecified atom stereocenters. The van der Waals surface area contributed by atoms with E-state index < -0.39 is 5.41 Å². The number of ether oxygens (including phenoxy) is 1. The van der Waals surface area contributed by atoms with E-state index in [1.165, 1.54) is 6.08 Å². The normalized spacial score (nSPS) is 11.5. The zero-order valence-corrected chi connectivity index (χ0v) is 14.3. The third-order valence-electron chi connectivity index (χ3n) is 4.01. The van der Waals surface area contributed by atoms with Gasteiger partial charge in [0.05, 0.1) is 5.41 Å². The molecule has 3 heteroatoms. The number of ketones is 1. The van der Waals surface area contributed by atoms with E-state index >= 15 is 0 Å². The summed E-state index contributed by atoms with van der Waals surface area (Å²) < 4.78 is 5.39. The van der Waals surface area contributed by atoms with Gasteiger partial charge in [0.2, 0.25) is 0 Å². The molecule has 24 heavy (non-hydrogen) atoms. The maximum Gasteiger partial charge on any atom is 0.316 e. The Hall–Kier alpha value is -2.68. The predicted octanol–water partition coefficient (Wildman–Crippen LogP) is 4.92. The molecule has 2 aromatic rings. The van der Waals surface area contributed by atoms with Gasteiger partial charge < -0.3 is 4.74 Å². The molecule has 3 nitrogen and oxygen atoms in total. The van der Waals surface area contributed by atoms with Crippen LogP contribution in [0.2, 0.25) is 0 Å². The van der Waals surface area contributed by atoms with Gasteiger partial charge in [0.1, 0.15) is 5.75 Å². The van der Waals surface area contributed by atoms with Gasteiger partial charge in [-0.1, -0.05) is 55.5 Å². The highest BCUT2D eigenvalue weighted by atomic mass is 16.5. The molecule has 0 spiro atoms. The first-order chi connectivity index (χ1) is 11.4. The van der Waals surface area contributed by atoms with Crippen molar-refractivity contribution in [2.45, 2.75) is 27.2 Å². The molecule has 0 radical (unpaired) electrons. The smallest absolute Gasteiger partial charge is 0.316 e. The molecule has 0 aliphatic carbocycles. The van der Waals surface area contributed by atoms with Gasteiger partial charge in [0, 0.05) is 5.56 Å². The Kier molecular flexibility index (Phi) is 5.69. The number of carbonyl (C=O) groups is 2. The molecule has 124 valence electrons. The summed E-state index contributed by atoms with van der Waals surface area (Å²) in [6, 6.07) is 16.2. The molecule has 0 aliphatic heterocycles. The van der Waals surface area contributed by atoms with Crippen molar-refractivity contribution >= 4 is 17.8 Å². The highest BCUT2D eigenvalue weighted by Crippen LogP contribution is 2.24. The van der Waals surface area contributed by atoms with Gasteiger partial charge in [-0.15, -0.1) is 0 Å². The minimum atomic E-state index is -0.499. The van der Waals surface area contributed by atoms with Crippen LogP contribution in [0, 0.1) is 5.41 Å². The summed E-state index contributed by atoms with van der Waals surface area (Å²) >= 11 is 0. The second-order valence-electron chi connectivity index (χ2n) is 6.26. The molecule has 0 saturated heterocycles. The van der Waals surface area contributed by atoms with Crippen molar-refractivity contribution in [1.82, 2.24) is 0 Å². The first-order valence-corrected chi connectivity index (χ1v) is 8.02. The molecule has 0 amide bonds. The Morgan fingerprint density at radius 1 is 1.00 bits per heavy atom. The highest BCUT2D eigenvalue weighted by Gasteiger charge is 2.27. The van der Waals surface area contributed by atoms with Crippen LogP contribution in [0.15, 0.2) is 60.7 Å². The lowest BCUT2D eigenvalue weighted by Crippen LogP contribution is -2.28. The van der Waals surface area contributed by atoms with E-state index in [-0.39, 0.29) is 11.8 Å². The molecular formula is C21H22O3. The Morgan fingerprint density at radius 2 is 1.62 bits per heavy atom. The van der Waals surface area contributed by atoms with Crippen LogP contribution in [0.3, 0.4) is 0 Å². The zero-order valence-electron chi connectivity index (χ0n) is 14.3. The Bertz CT molecular complexity index is 725. The van der Waals surface area contributed by atoms with E-state index in [1.807, 2.05) is 51.1 Å². The maximum absolute atomic E-state index is 12.0. The molecule has 0 atom stereocenters. The van der Waals surface area contributed by atoms with Crippen molar-refractivity contribution < 1.29 is 14.3 Å². The van der Waals surface area contributed by atoms with Crippen molar-refractivity contribution in [1.29, 1.82) is 0 Å². The number of hydrogen-bond acceptors (Lipinski definition) is 3. The summed E-state index contributed by atoms with van der Waals surface area (Å²) in [5.74, 6) is 0.219. The van der Waals surface area contributed by atoms with Gasteiger partial charge in [0.25, 0.3) is 0 Å². The first-order valence-electron chi connectivity index (χ1n) is 8.02. The quantitative estimate of drug-likeness (QED) is 0.328. The van der Waals surface area contributed by atoms with Gasteiger partial charge in [-0.2, -0.15) is 0 Å². The molecular weight excluding hydrogens is 300 g/mol. The fraction of sp³-hybridized carbons (Fsp3) is 0.238. The fourth-order valence-electron chi connectivity index (χ4n) is 1.91. The second-order valence-corrected chi connectivity index (χ2v) is 6.26. The molecule has 2 rings (SSSR count). The number of allylic oxidation sites excluding steroid dienone is 1. The summed E-state index contributed by atoms with van der Waals surface area (Å²) in [6.07, 6.45) is 4.00. The van der Waals surface area contributed by atoms with Gasteiger partial charge >= 0.3 is 5.97 Å². The van der Waals surface area contributed by atoms with Crippen LogP contribution < -0.4 is 4.74 Å². The molecule has 0 saturated carbocycles.